The average Bonchev–Trinajstić information content (AvgIpc) is 3.27. The molecule has 4 rings (SSSR count). The molecule has 0 unspecified atom stereocenters. The summed E-state index contributed by atoms with van der Waals surface area (Å²) in [5.74, 6) is 1.57. The van der Waals surface area contributed by atoms with Crippen molar-refractivity contribution in [3.8, 4) is 0 Å². The number of hydrogen-bond donors (Lipinski definition) is 0. The van der Waals surface area contributed by atoms with Crippen LogP contribution in [0.5, 0.6) is 0 Å². The lowest BCUT2D eigenvalue weighted by molar-refractivity contribution is 0.0506. The highest BCUT2D eigenvalue weighted by atomic mass is 32.1. The summed E-state index contributed by atoms with van der Waals surface area (Å²) in [5, 5.41) is 3.95. The highest BCUT2D eigenvalue weighted by Crippen LogP contribution is 2.32. The van der Waals surface area contributed by atoms with E-state index in [-0.39, 0.29) is 5.91 Å². The van der Waals surface area contributed by atoms with Crippen molar-refractivity contribution < 1.29 is 9.53 Å². The van der Waals surface area contributed by atoms with Gasteiger partial charge in [-0.2, -0.15) is 11.3 Å². The van der Waals surface area contributed by atoms with Gasteiger partial charge in [0.25, 0.3) is 5.91 Å². The molecule has 3 atom stereocenters. The molecular formula is C17H24N2O2S. The molecule has 3 saturated heterocycles. The first-order chi connectivity index (χ1) is 10.8. The molecule has 5 heteroatoms. The first-order valence-electron chi connectivity index (χ1n) is 8.45. The van der Waals surface area contributed by atoms with Gasteiger partial charge < -0.3 is 14.5 Å². The predicted octanol–water partition coefficient (Wildman–Crippen LogP) is 2.32. The molecule has 0 radical (unpaired) electrons. The number of likely N-dealkylation sites (tertiary alicyclic amines) is 2. The molecule has 0 saturated carbocycles. The van der Waals surface area contributed by atoms with Crippen molar-refractivity contribution in [2.24, 2.45) is 11.8 Å². The van der Waals surface area contributed by atoms with Crippen LogP contribution in [0.2, 0.25) is 0 Å². The Morgan fingerprint density at radius 1 is 1.27 bits per heavy atom. The summed E-state index contributed by atoms with van der Waals surface area (Å²) in [6, 6.07) is 1.94. The van der Waals surface area contributed by atoms with Gasteiger partial charge in [0.1, 0.15) is 0 Å². The Morgan fingerprint density at radius 2 is 2.18 bits per heavy atom. The summed E-state index contributed by atoms with van der Waals surface area (Å²) in [6.45, 7) is 6.21. The third-order valence-corrected chi connectivity index (χ3v) is 6.11. The van der Waals surface area contributed by atoms with E-state index < -0.39 is 0 Å². The molecule has 3 fully saturated rings. The Morgan fingerprint density at radius 3 is 2.95 bits per heavy atom. The van der Waals surface area contributed by atoms with E-state index in [9.17, 15) is 4.79 Å². The summed E-state index contributed by atoms with van der Waals surface area (Å²) in [5.41, 5.74) is 0.861. The van der Waals surface area contributed by atoms with Crippen molar-refractivity contribution in [1.29, 1.82) is 0 Å². The molecule has 4 nitrogen and oxygen atoms in total. The van der Waals surface area contributed by atoms with Gasteiger partial charge in [0, 0.05) is 38.2 Å². The van der Waals surface area contributed by atoms with E-state index in [1.807, 2.05) is 16.8 Å². The molecule has 1 aromatic heterocycles. The number of ether oxygens (including phenoxy) is 1. The summed E-state index contributed by atoms with van der Waals surface area (Å²) < 4.78 is 5.77. The quantitative estimate of drug-likeness (QED) is 0.857. The largest absolute Gasteiger partial charge is 0.377 e. The Hall–Kier alpha value is -0.910. The molecule has 0 spiro atoms. The van der Waals surface area contributed by atoms with Gasteiger partial charge in [0.2, 0.25) is 0 Å². The van der Waals surface area contributed by atoms with Gasteiger partial charge in [-0.1, -0.05) is 0 Å². The van der Waals surface area contributed by atoms with E-state index in [2.05, 4.69) is 9.80 Å². The zero-order valence-electron chi connectivity index (χ0n) is 12.9. The van der Waals surface area contributed by atoms with Gasteiger partial charge in [-0.15, -0.1) is 0 Å². The number of carbonyl (C=O) groups excluding carboxylic acids is 1. The fraction of sp³-hybridized carbons (Fsp3) is 0.706. The molecule has 0 aromatic carbocycles. The van der Waals surface area contributed by atoms with Crippen LogP contribution in [0.1, 0.15) is 29.6 Å². The van der Waals surface area contributed by atoms with E-state index in [1.54, 1.807) is 11.3 Å². The molecular weight excluding hydrogens is 296 g/mol. The van der Waals surface area contributed by atoms with Crippen LogP contribution in [0.25, 0.3) is 0 Å². The Labute approximate surface area is 136 Å². The molecule has 4 heterocycles. The highest BCUT2D eigenvalue weighted by Gasteiger charge is 2.39. The van der Waals surface area contributed by atoms with Crippen LogP contribution in [0.4, 0.5) is 0 Å². The molecule has 1 amide bonds. The second-order valence-electron chi connectivity index (χ2n) is 6.93. The van der Waals surface area contributed by atoms with Gasteiger partial charge in [-0.25, -0.2) is 0 Å². The van der Waals surface area contributed by atoms with Crippen LogP contribution in [0, 0.1) is 11.8 Å². The minimum atomic E-state index is 0.223. The van der Waals surface area contributed by atoms with Crippen LogP contribution in [0.15, 0.2) is 16.8 Å². The molecule has 120 valence electrons. The molecule has 0 N–H and O–H groups in total. The first kappa shape index (κ1) is 14.7. The van der Waals surface area contributed by atoms with Gasteiger partial charge in [0.15, 0.2) is 0 Å². The maximum atomic E-state index is 12.5. The highest BCUT2D eigenvalue weighted by molar-refractivity contribution is 7.08. The monoisotopic (exact) mass is 320 g/mol. The van der Waals surface area contributed by atoms with Crippen molar-refractivity contribution in [3.63, 3.8) is 0 Å². The summed E-state index contributed by atoms with van der Waals surface area (Å²) in [6.07, 6.45) is 4.10. The van der Waals surface area contributed by atoms with Crippen LogP contribution in [0.3, 0.4) is 0 Å². The van der Waals surface area contributed by atoms with Crippen molar-refractivity contribution >= 4 is 17.2 Å². The van der Waals surface area contributed by atoms with Crippen molar-refractivity contribution in [1.82, 2.24) is 9.80 Å². The van der Waals surface area contributed by atoms with Gasteiger partial charge >= 0.3 is 0 Å². The summed E-state index contributed by atoms with van der Waals surface area (Å²) >= 11 is 1.60. The van der Waals surface area contributed by atoms with E-state index in [0.29, 0.717) is 17.9 Å². The third-order valence-electron chi connectivity index (χ3n) is 5.43. The SMILES string of the molecule is O=C(c1ccsc1)N1C[C@H]2CN(C[C@H]3CCCO3)CC[C@H]2C1. The number of rotatable bonds is 3. The Bertz CT molecular complexity index is 513. The first-order valence-corrected chi connectivity index (χ1v) is 9.39. The van der Waals surface area contributed by atoms with Crippen molar-refractivity contribution in [2.75, 3.05) is 39.3 Å². The van der Waals surface area contributed by atoms with E-state index in [1.165, 1.54) is 25.8 Å². The number of thiophene rings is 1. The fourth-order valence-corrected chi connectivity index (χ4v) is 4.85. The number of fused-ring (bicyclic) bond motifs is 1. The molecule has 0 bridgehead atoms. The van der Waals surface area contributed by atoms with Crippen LogP contribution in [-0.4, -0.2) is 61.1 Å². The van der Waals surface area contributed by atoms with Gasteiger partial charge in [-0.05, 0) is 49.1 Å². The molecule has 1 aromatic rings. The smallest absolute Gasteiger partial charge is 0.254 e. The average molecular weight is 320 g/mol. The Kier molecular flexibility index (Phi) is 4.20. The summed E-state index contributed by atoms with van der Waals surface area (Å²) in [7, 11) is 0. The maximum absolute atomic E-state index is 12.5. The van der Waals surface area contributed by atoms with Crippen LogP contribution >= 0.6 is 11.3 Å². The van der Waals surface area contributed by atoms with E-state index in [4.69, 9.17) is 4.74 Å². The lowest BCUT2D eigenvalue weighted by Gasteiger charge is -2.35. The van der Waals surface area contributed by atoms with Gasteiger partial charge in [-0.3, -0.25) is 4.79 Å². The lowest BCUT2D eigenvalue weighted by Crippen LogP contribution is -2.43. The standard InChI is InChI=1S/C17H24N2O2S/c20-17(14-4-7-22-12-14)19-9-13-3-5-18(8-15(13)10-19)11-16-2-1-6-21-16/h4,7,12-13,15-16H,1-3,5-6,8-11H2/t13-,15+,16+/m0/s1. The zero-order valence-corrected chi connectivity index (χ0v) is 13.8. The normalized spacial score (nSPS) is 32.4. The third kappa shape index (κ3) is 2.94. The second-order valence-corrected chi connectivity index (χ2v) is 7.71. The molecule has 22 heavy (non-hydrogen) atoms. The van der Waals surface area contributed by atoms with Crippen LogP contribution in [-0.2, 0) is 4.74 Å². The van der Waals surface area contributed by atoms with Crippen molar-refractivity contribution in [3.05, 3.63) is 22.4 Å². The number of piperidine rings is 1. The Balaban J connectivity index is 1.34. The molecule has 3 aliphatic heterocycles. The number of carbonyl (C=O) groups is 1. The topological polar surface area (TPSA) is 32.8 Å². The van der Waals surface area contributed by atoms with Crippen LogP contribution < -0.4 is 0 Å². The lowest BCUT2D eigenvalue weighted by atomic mass is 9.88. The number of hydrogen-bond acceptors (Lipinski definition) is 4. The number of amides is 1. The minimum Gasteiger partial charge on any atom is -0.377 e. The minimum absolute atomic E-state index is 0.223. The second kappa shape index (κ2) is 6.30. The summed E-state index contributed by atoms with van der Waals surface area (Å²) in [4.78, 5) is 17.2. The van der Waals surface area contributed by atoms with Gasteiger partial charge in [0.05, 0.1) is 11.7 Å². The van der Waals surface area contributed by atoms with Crippen molar-refractivity contribution in [2.45, 2.75) is 25.4 Å². The zero-order chi connectivity index (χ0) is 14.9. The number of nitrogens with zero attached hydrogens (tertiary/aromatic N) is 2. The maximum Gasteiger partial charge on any atom is 0.254 e. The predicted molar refractivity (Wildman–Crippen MR) is 87.2 cm³/mol. The fourth-order valence-electron chi connectivity index (χ4n) is 4.22. The molecule has 0 aliphatic carbocycles. The molecule has 3 aliphatic rings. The van der Waals surface area contributed by atoms with E-state index in [0.717, 1.165) is 38.3 Å². The van der Waals surface area contributed by atoms with E-state index >= 15 is 0 Å².